The first-order chi connectivity index (χ1) is 18.0. The summed E-state index contributed by atoms with van der Waals surface area (Å²) in [4.78, 5) is 28.1. The van der Waals surface area contributed by atoms with Gasteiger partial charge in [-0.05, 0) is 62.2 Å². The van der Waals surface area contributed by atoms with Crippen molar-refractivity contribution in [3.8, 4) is 0 Å². The third kappa shape index (κ3) is 6.67. The van der Waals surface area contributed by atoms with Crippen LogP contribution in [0.1, 0.15) is 30.0 Å². The third-order valence-corrected chi connectivity index (χ3v) is 8.70. The fraction of sp³-hybridized carbons (Fsp3) is 0.286. The van der Waals surface area contributed by atoms with Gasteiger partial charge < -0.3 is 10.2 Å². The maximum Gasteiger partial charge on any atom is 0.264 e. The van der Waals surface area contributed by atoms with Gasteiger partial charge in [-0.3, -0.25) is 13.9 Å². The Kier molecular flexibility index (Phi) is 9.82. The predicted octanol–water partition coefficient (Wildman–Crippen LogP) is 5.36. The van der Waals surface area contributed by atoms with Crippen LogP contribution in [0.25, 0.3) is 0 Å². The van der Waals surface area contributed by atoms with Crippen LogP contribution < -0.4 is 9.62 Å². The Balaban J connectivity index is 2.10. The van der Waals surface area contributed by atoms with Crippen LogP contribution in [0.4, 0.5) is 5.69 Å². The van der Waals surface area contributed by atoms with E-state index in [1.165, 1.54) is 24.1 Å². The van der Waals surface area contributed by atoms with Crippen LogP contribution in [-0.4, -0.2) is 44.8 Å². The summed E-state index contributed by atoms with van der Waals surface area (Å²) in [5.41, 5.74) is 2.54. The van der Waals surface area contributed by atoms with E-state index in [9.17, 15) is 18.0 Å². The number of hydrogen-bond acceptors (Lipinski definition) is 4. The van der Waals surface area contributed by atoms with Crippen LogP contribution in [0.5, 0.6) is 0 Å². The smallest absolute Gasteiger partial charge is 0.264 e. The maximum absolute atomic E-state index is 13.9. The monoisotopic (exact) mass is 575 g/mol. The molecule has 0 fully saturated rings. The number of carbonyl (C=O) groups excluding carboxylic acids is 2. The second-order valence-electron chi connectivity index (χ2n) is 8.92. The molecule has 7 nitrogen and oxygen atoms in total. The molecule has 2 amide bonds. The van der Waals surface area contributed by atoms with Gasteiger partial charge in [0.2, 0.25) is 11.8 Å². The molecule has 0 aromatic heterocycles. The summed E-state index contributed by atoms with van der Waals surface area (Å²) in [5, 5.41) is 3.27. The Labute approximate surface area is 234 Å². The number of sulfonamides is 1. The lowest BCUT2D eigenvalue weighted by Crippen LogP contribution is -2.51. The lowest BCUT2D eigenvalue weighted by atomic mass is 10.1. The highest BCUT2D eigenvalue weighted by Crippen LogP contribution is 2.29. The molecule has 0 aliphatic rings. The number of nitrogens with zero attached hydrogens (tertiary/aromatic N) is 2. The van der Waals surface area contributed by atoms with Gasteiger partial charge in [-0.25, -0.2) is 8.42 Å². The van der Waals surface area contributed by atoms with Crippen LogP contribution in [-0.2, 0) is 26.2 Å². The number of hydrogen-bond donors (Lipinski definition) is 1. The van der Waals surface area contributed by atoms with Gasteiger partial charge in [-0.2, -0.15) is 0 Å². The highest BCUT2D eigenvalue weighted by Gasteiger charge is 2.34. The SMILES string of the molecule is CC[C@H](C(=O)NC)N(Cc1c(Cl)cccc1Cl)C(=O)CN(c1cccc(C)c1)S(=O)(=O)c1ccc(C)cc1. The van der Waals surface area contributed by atoms with E-state index in [0.717, 1.165) is 15.4 Å². The van der Waals surface area contributed by atoms with Gasteiger partial charge >= 0.3 is 0 Å². The van der Waals surface area contributed by atoms with Crippen LogP contribution in [0.3, 0.4) is 0 Å². The average Bonchev–Trinajstić information content (AvgIpc) is 2.88. The summed E-state index contributed by atoms with van der Waals surface area (Å²) in [6, 6.07) is 17.4. The van der Waals surface area contributed by atoms with Crippen molar-refractivity contribution in [2.75, 3.05) is 17.9 Å². The van der Waals surface area contributed by atoms with E-state index in [4.69, 9.17) is 23.2 Å². The van der Waals surface area contributed by atoms with Crippen molar-refractivity contribution < 1.29 is 18.0 Å². The van der Waals surface area contributed by atoms with E-state index in [1.54, 1.807) is 55.5 Å². The maximum atomic E-state index is 13.9. The molecule has 3 aromatic carbocycles. The molecule has 202 valence electrons. The standard InChI is InChI=1S/C28H31Cl2N3O4S/c1-5-26(28(35)31-4)32(17-23-24(29)10-7-11-25(23)30)27(34)18-33(21-9-6-8-20(3)16-21)38(36,37)22-14-12-19(2)13-15-22/h6-16,26H,5,17-18H2,1-4H3,(H,31,35)/t26-/m1/s1. The summed E-state index contributed by atoms with van der Waals surface area (Å²) in [7, 11) is -2.65. The van der Waals surface area contributed by atoms with E-state index in [2.05, 4.69) is 5.32 Å². The zero-order valence-corrected chi connectivity index (χ0v) is 24.1. The minimum absolute atomic E-state index is 0.0523. The summed E-state index contributed by atoms with van der Waals surface area (Å²) in [6.07, 6.45) is 0.294. The van der Waals surface area contributed by atoms with E-state index in [1.807, 2.05) is 19.9 Å². The van der Waals surface area contributed by atoms with Crippen molar-refractivity contribution in [1.82, 2.24) is 10.2 Å². The van der Waals surface area contributed by atoms with Crippen molar-refractivity contribution in [2.45, 2.75) is 44.7 Å². The second-order valence-corrected chi connectivity index (χ2v) is 11.6. The quantitative estimate of drug-likeness (QED) is 0.352. The fourth-order valence-corrected chi connectivity index (χ4v) is 6.01. The van der Waals surface area contributed by atoms with Crippen LogP contribution >= 0.6 is 23.2 Å². The third-order valence-electron chi connectivity index (χ3n) is 6.20. The van der Waals surface area contributed by atoms with Gasteiger partial charge in [0.25, 0.3) is 10.0 Å². The van der Waals surface area contributed by atoms with Crippen molar-refractivity contribution in [3.63, 3.8) is 0 Å². The Morgan fingerprint density at radius 2 is 1.53 bits per heavy atom. The number of carbonyl (C=O) groups is 2. The first-order valence-electron chi connectivity index (χ1n) is 12.1. The molecule has 0 unspecified atom stereocenters. The van der Waals surface area contributed by atoms with E-state index < -0.39 is 28.5 Å². The number of nitrogens with one attached hydrogen (secondary N) is 1. The van der Waals surface area contributed by atoms with Gasteiger partial charge in [0.15, 0.2) is 0 Å². The zero-order valence-electron chi connectivity index (χ0n) is 21.7. The molecule has 0 spiro atoms. The van der Waals surface area contributed by atoms with Crippen molar-refractivity contribution in [2.24, 2.45) is 0 Å². The molecular weight excluding hydrogens is 545 g/mol. The first kappa shape index (κ1) is 29.5. The largest absolute Gasteiger partial charge is 0.357 e. The molecular formula is C28H31Cl2N3O4S. The van der Waals surface area contributed by atoms with Crippen molar-refractivity contribution >= 4 is 50.7 Å². The number of amides is 2. The Bertz CT molecular complexity index is 1390. The molecule has 3 aromatic rings. The van der Waals surface area contributed by atoms with Gasteiger partial charge in [-0.1, -0.05) is 66.0 Å². The van der Waals surface area contributed by atoms with Gasteiger partial charge in [0.1, 0.15) is 12.6 Å². The van der Waals surface area contributed by atoms with Crippen molar-refractivity contribution in [1.29, 1.82) is 0 Å². The van der Waals surface area contributed by atoms with Crippen LogP contribution in [0.2, 0.25) is 10.0 Å². The van der Waals surface area contributed by atoms with Gasteiger partial charge in [0.05, 0.1) is 10.6 Å². The lowest BCUT2D eigenvalue weighted by Gasteiger charge is -2.33. The van der Waals surface area contributed by atoms with Crippen molar-refractivity contribution in [3.05, 3.63) is 93.5 Å². The highest BCUT2D eigenvalue weighted by molar-refractivity contribution is 7.92. The lowest BCUT2D eigenvalue weighted by molar-refractivity contribution is -0.140. The highest BCUT2D eigenvalue weighted by atomic mass is 35.5. The van der Waals surface area contributed by atoms with Crippen LogP contribution in [0, 0.1) is 13.8 Å². The van der Waals surface area contributed by atoms with Gasteiger partial charge in [0, 0.05) is 29.2 Å². The molecule has 0 bridgehead atoms. The van der Waals surface area contributed by atoms with Crippen LogP contribution in [0.15, 0.2) is 71.6 Å². The Hall–Kier alpha value is -3.07. The summed E-state index contributed by atoms with van der Waals surface area (Å²) < 4.78 is 28.8. The molecule has 1 atom stereocenters. The molecule has 3 rings (SSSR count). The zero-order chi connectivity index (χ0) is 28.0. The number of rotatable bonds is 10. The Morgan fingerprint density at radius 1 is 0.921 bits per heavy atom. The molecule has 0 saturated heterocycles. The summed E-state index contributed by atoms with van der Waals surface area (Å²) in [5.74, 6) is -0.957. The minimum atomic E-state index is -4.13. The minimum Gasteiger partial charge on any atom is -0.357 e. The number of aryl methyl sites for hydroxylation is 2. The van der Waals surface area contributed by atoms with E-state index in [0.29, 0.717) is 27.7 Å². The molecule has 0 aliphatic carbocycles. The second kappa shape index (κ2) is 12.7. The molecule has 0 radical (unpaired) electrons. The molecule has 1 N–H and O–H groups in total. The molecule has 0 saturated carbocycles. The first-order valence-corrected chi connectivity index (χ1v) is 14.3. The topological polar surface area (TPSA) is 86.8 Å². The number of halogens is 2. The number of benzene rings is 3. The molecule has 38 heavy (non-hydrogen) atoms. The predicted molar refractivity (Wildman–Crippen MR) is 152 cm³/mol. The number of anilines is 1. The van der Waals surface area contributed by atoms with E-state index >= 15 is 0 Å². The molecule has 10 heteroatoms. The summed E-state index contributed by atoms with van der Waals surface area (Å²) in [6.45, 7) is 4.87. The fourth-order valence-electron chi connectivity index (χ4n) is 4.09. The normalized spacial score (nSPS) is 12.1. The van der Waals surface area contributed by atoms with E-state index in [-0.39, 0.29) is 17.3 Å². The Morgan fingerprint density at radius 3 is 2.08 bits per heavy atom. The summed E-state index contributed by atoms with van der Waals surface area (Å²) >= 11 is 12.8. The van der Waals surface area contributed by atoms with Gasteiger partial charge in [-0.15, -0.1) is 0 Å². The average molecular weight is 577 g/mol. The number of likely N-dealkylation sites (N-methyl/N-ethyl adjacent to an activating group) is 1. The molecule has 0 heterocycles. The molecule has 0 aliphatic heterocycles.